The van der Waals surface area contributed by atoms with Crippen LogP contribution >= 0.6 is 0 Å². The molecule has 0 heterocycles. The number of hydrogen-bond acceptors (Lipinski definition) is 5. The molecule has 0 unspecified atom stereocenters. The Morgan fingerprint density at radius 1 is 0.682 bits per heavy atom. The van der Waals surface area contributed by atoms with Crippen molar-refractivity contribution in [2.24, 2.45) is 0 Å². The summed E-state index contributed by atoms with van der Waals surface area (Å²) < 4.78 is 0. The van der Waals surface area contributed by atoms with E-state index in [2.05, 4.69) is 0 Å². The molecule has 0 spiro atoms. The van der Waals surface area contributed by atoms with Gasteiger partial charge in [0.05, 0.1) is 27.8 Å². The Morgan fingerprint density at radius 2 is 0.955 bits per heavy atom. The second-order valence-electron chi connectivity index (χ2n) is 5.08. The van der Waals surface area contributed by atoms with Gasteiger partial charge in [0, 0.05) is 0 Å². The molecule has 104 valence electrons. The van der Waals surface area contributed by atoms with E-state index in [1.807, 2.05) is 46.0 Å². The van der Waals surface area contributed by atoms with Crippen molar-refractivity contribution in [2.45, 2.75) is 32.0 Å². The van der Waals surface area contributed by atoms with Crippen LogP contribution in [0, 0.1) is 56.7 Å². The second-order valence-corrected chi connectivity index (χ2v) is 5.08. The fourth-order valence-electron chi connectivity index (χ4n) is 2.52. The average molecular weight is 285 g/mol. The summed E-state index contributed by atoms with van der Waals surface area (Å²) in [5, 5.41) is 46.4. The highest BCUT2D eigenvalue weighted by molar-refractivity contribution is 6.16. The molecule has 0 saturated heterocycles. The molecular weight excluding hydrogens is 273 g/mol. The fraction of sp³-hybridized carbons (Fsp3) is 0.312. The van der Waals surface area contributed by atoms with Crippen LogP contribution in [0.5, 0.6) is 0 Å². The summed E-state index contributed by atoms with van der Waals surface area (Å²) in [7, 11) is 1.89. The largest absolute Gasteiger partial charge is 0.192 e. The van der Waals surface area contributed by atoms with Crippen molar-refractivity contribution in [3.05, 3.63) is 33.4 Å². The van der Waals surface area contributed by atoms with Gasteiger partial charge >= 0.3 is 0 Å². The van der Waals surface area contributed by atoms with E-state index in [1.165, 1.54) is 0 Å². The van der Waals surface area contributed by atoms with Crippen molar-refractivity contribution in [3.63, 3.8) is 0 Å². The van der Waals surface area contributed by atoms with Crippen LogP contribution < -0.4 is 0 Å². The van der Waals surface area contributed by atoms with E-state index in [0.717, 1.165) is 0 Å². The third-order valence-electron chi connectivity index (χ3n) is 4.22. The second kappa shape index (κ2) is 6.46. The first-order valence-corrected chi connectivity index (χ1v) is 6.74. The molecule has 0 aromatic heterocycles. The van der Waals surface area contributed by atoms with Crippen molar-refractivity contribution in [1.29, 1.82) is 26.3 Å². The van der Waals surface area contributed by atoms with Crippen molar-refractivity contribution in [1.82, 2.24) is 0 Å². The van der Waals surface area contributed by atoms with Crippen molar-refractivity contribution < 1.29 is 0 Å². The van der Waals surface area contributed by atoms with Gasteiger partial charge in [-0.2, -0.15) is 26.3 Å². The number of hydrogen-bond donors (Lipinski definition) is 0. The summed E-state index contributed by atoms with van der Waals surface area (Å²) >= 11 is 0. The van der Waals surface area contributed by atoms with Gasteiger partial charge < -0.3 is 0 Å². The SMILES string of the molecule is BC(CC)(CC)c1c(C#N)c(C#N)c(C#N)c(C#N)c1C#N. The van der Waals surface area contributed by atoms with Gasteiger partial charge in [0.2, 0.25) is 0 Å². The zero-order valence-corrected chi connectivity index (χ0v) is 12.7. The Hall–Kier alpha value is -3.27. The maximum atomic E-state index is 9.49. The Labute approximate surface area is 130 Å². The molecule has 0 amide bonds. The van der Waals surface area contributed by atoms with Crippen LogP contribution in [0.2, 0.25) is 0 Å². The summed E-state index contributed by atoms with van der Waals surface area (Å²) in [6, 6.07) is 9.39. The minimum atomic E-state index is -0.526. The molecule has 22 heavy (non-hydrogen) atoms. The van der Waals surface area contributed by atoms with Gasteiger partial charge in [-0.1, -0.05) is 26.7 Å². The fourth-order valence-corrected chi connectivity index (χ4v) is 2.52. The minimum absolute atomic E-state index is 0.0285. The summed E-state index contributed by atoms with van der Waals surface area (Å²) in [4.78, 5) is 0. The summed E-state index contributed by atoms with van der Waals surface area (Å²) in [6.45, 7) is 3.84. The van der Waals surface area contributed by atoms with Crippen LogP contribution in [0.1, 0.15) is 60.1 Å². The third-order valence-corrected chi connectivity index (χ3v) is 4.22. The molecular formula is C16H12BN5. The van der Waals surface area contributed by atoms with E-state index in [4.69, 9.17) is 0 Å². The van der Waals surface area contributed by atoms with Gasteiger partial charge in [0.25, 0.3) is 0 Å². The summed E-state index contributed by atoms with van der Waals surface area (Å²) in [5.41, 5.74) is 0.0138. The predicted octanol–water partition coefficient (Wildman–Crippen LogP) is 1.69. The maximum Gasteiger partial charge on any atom is 0.115 e. The Kier molecular flexibility index (Phi) is 4.93. The van der Waals surface area contributed by atoms with E-state index < -0.39 is 5.31 Å². The first-order valence-electron chi connectivity index (χ1n) is 6.74. The normalized spacial score (nSPS) is 9.68. The molecule has 0 aliphatic heterocycles. The highest BCUT2D eigenvalue weighted by Crippen LogP contribution is 2.37. The molecule has 0 atom stereocenters. The van der Waals surface area contributed by atoms with Gasteiger partial charge in [-0.05, 0) is 10.9 Å². The number of nitriles is 5. The molecule has 0 radical (unpaired) electrons. The molecule has 6 heteroatoms. The summed E-state index contributed by atoms with van der Waals surface area (Å²) in [5.74, 6) is 0. The van der Waals surface area contributed by atoms with E-state index in [0.29, 0.717) is 18.4 Å². The molecule has 1 rings (SSSR count). The lowest BCUT2D eigenvalue weighted by atomic mass is 9.58. The van der Waals surface area contributed by atoms with Crippen LogP contribution in [0.4, 0.5) is 0 Å². The van der Waals surface area contributed by atoms with Crippen LogP contribution in [0.15, 0.2) is 0 Å². The molecule has 0 aliphatic carbocycles. The quantitative estimate of drug-likeness (QED) is 0.782. The molecule has 1 aromatic rings. The highest BCUT2D eigenvalue weighted by Gasteiger charge is 2.34. The van der Waals surface area contributed by atoms with E-state index in [9.17, 15) is 26.3 Å². The Morgan fingerprint density at radius 3 is 1.18 bits per heavy atom. The van der Waals surface area contributed by atoms with Gasteiger partial charge in [-0.15, -0.1) is 0 Å². The average Bonchev–Trinajstić information content (AvgIpc) is 2.57. The zero-order chi connectivity index (χ0) is 16.9. The Bertz CT molecular complexity index is 777. The topological polar surface area (TPSA) is 119 Å². The van der Waals surface area contributed by atoms with Crippen molar-refractivity contribution >= 4 is 7.85 Å². The van der Waals surface area contributed by atoms with E-state index >= 15 is 0 Å². The molecule has 1 aromatic carbocycles. The Balaban J connectivity index is 4.25. The van der Waals surface area contributed by atoms with Crippen molar-refractivity contribution in [3.8, 4) is 30.3 Å². The monoisotopic (exact) mass is 285 g/mol. The van der Waals surface area contributed by atoms with Crippen LogP contribution in [-0.2, 0) is 5.31 Å². The molecule has 0 N–H and O–H groups in total. The molecule has 5 nitrogen and oxygen atoms in total. The third kappa shape index (κ3) is 2.27. The zero-order valence-electron chi connectivity index (χ0n) is 12.7. The number of rotatable bonds is 3. The lowest BCUT2D eigenvalue weighted by Gasteiger charge is -2.30. The van der Waals surface area contributed by atoms with Crippen LogP contribution in [0.25, 0.3) is 0 Å². The molecule has 0 bridgehead atoms. The lowest BCUT2D eigenvalue weighted by Crippen LogP contribution is -2.28. The maximum absolute atomic E-state index is 9.49. The smallest absolute Gasteiger partial charge is 0.115 e. The standard InChI is InChI=1S/C16H12BN5/c1-3-16(17,4-2)15-13(8-21)11(6-19)10(5-18)12(7-20)14(15)9-22/h3-4,17H2,1-2H3. The van der Waals surface area contributed by atoms with Gasteiger partial charge in [-0.3, -0.25) is 0 Å². The van der Waals surface area contributed by atoms with Gasteiger partial charge in [-0.25, -0.2) is 0 Å². The lowest BCUT2D eigenvalue weighted by molar-refractivity contribution is 0.562. The highest BCUT2D eigenvalue weighted by atomic mass is 14.4. The summed E-state index contributed by atoms with van der Waals surface area (Å²) in [6.07, 6.45) is 1.27. The molecule has 0 aliphatic rings. The van der Waals surface area contributed by atoms with Gasteiger partial charge in [0.1, 0.15) is 38.2 Å². The van der Waals surface area contributed by atoms with E-state index in [1.54, 1.807) is 6.07 Å². The number of benzene rings is 1. The molecule has 0 fully saturated rings. The first kappa shape index (κ1) is 16.8. The molecule has 0 saturated carbocycles. The van der Waals surface area contributed by atoms with Gasteiger partial charge in [0.15, 0.2) is 0 Å². The van der Waals surface area contributed by atoms with Crippen LogP contribution in [-0.4, -0.2) is 7.85 Å². The first-order chi connectivity index (χ1) is 10.5. The predicted molar refractivity (Wildman–Crippen MR) is 80.8 cm³/mol. The van der Waals surface area contributed by atoms with E-state index in [-0.39, 0.29) is 27.8 Å². The minimum Gasteiger partial charge on any atom is -0.192 e. The number of nitrogens with zero attached hydrogens (tertiary/aromatic N) is 5. The van der Waals surface area contributed by atoms with Crippen LogP contribution in [0.3, 0.4) is 0 Å². The van der Waals surface area contributed by atoms with Crippen molar-refractivity contribution in [2.75, 3.05) is 0 Å².